The SMILES string of the molecule is CCCCCCCCN(CCOc1ccc(CC(OCC)C(=O)O)cc1)C(=O)Oc1ccc(F)cc1F. The molecule has 1 atom stereocenters. The summed E-state index contributed by atoms with van der Waals surface area (Å²) in [6.07, 6.45) is 4.84. The third-order valence-corrected chi connectivity index (χ3v) is 5.75. The lowest BCUT2D eigenvalue weighted by atomic mass is 10.1. The van der Waals surface area contributed by atoms with Crippen molar-refractivity contribution in [1.29, 1.82) is 0 Å². The Hall–Kier alpha value is -3.20. The molecule has 0 aromatic heterocycles. The fourth-order valence-electron chi connectivity index (χ4n) is 3.72. The number of hydrogen-bond acceptors (Lipinski definition) is 5. The van der Waals surface area contributed by atoms with Crippen LogP contribution in [-0.4, -0.2) is 54.5 Å². The minimum Gasteiger partial charge on any atom is -0.492 e. The van der Waals surface area contributed by atoms with E-state index in [0.717, 1.165) is 49.8 Å². The highest BCUT2D eigenvalue weighted by atomic mass is 19.1. The van der Waals surface area contributed by atoms with Gasteiger partial charge in [-0.05, 0) is 43.2 Å². The summed E-state index contributed by atoms with van der Waals surface area (Å²) in [6, 6.07) is 9.77. The minimum atomic E-state index is -1.01. The highest BCUT2D eigenvalue weighted by Crippen LogP contribution is 2.19. The molecule has 204 valence electrons. The molecule has 37 heavy (non-hydrogen) atoms. The number of hydrogen-bond donors (Lipinski definition) is 1. The van der Waals surface area contributed by atoms with Gasteiger partial charge in [-0.25, -0.2) is 18.4 Å². The molecule has 0 aliphatic heterocycles. The third-order valence-electron chi connectivity index (χ3n) is 5.75. The van der Waals surface area contributed by atoms with Gasteiger partial charge >= 0.3 is 12.1 Å². The van der Waals surface area contributed by atoms with Crippen LogP contribution in [0.3, 0.4) is 0 Å². The number of carbonyl (C=O) groups excluding carboxylic acids is 1. The number of carbonyl (C=O) groups is 2. The molecule has 9 heteroatoms. The van der Waals surface area contributed by atoms with Gasteiger partial charge in [0.1, 0.15) is 18.2 Å². The molecule has 0 spiro atoms. The molecular weight excluding hydrogens is 484 g/mol. The zero-order valence-electron chi connectivity index (χ0n) is 21.6. The summed E-state index contributed by atoms with van der Waals surface area (Å²) in [5.74, 6) is -2.48. The lowest BCUT2D eigenvalue weighted by Crippen LogP contribution is -2.37. The van der Waals surface area contributed by atoms with Crippen molar-refractivity contribution in [3.05, 3.63) is 59.7 Å². The zero-order valence-corrected chi connectivity index (χ0v) is 21.6. The molecule has 0 aliphatic carbocycles. The predicted octanol–water partition coefficient (Wildman–Crippen LogP) is 6.24. The average Bonchev–Trinajstić information content (AvgIpc) is 2.87. The van der Waals surface area contributed by atoms with E-state index in [4.69, 9.17) is 14.2 Å². The number of halogens is 2. The maximum Gasteiger partial charge on any atom is 0.415 e. The van der Waals surface area contributed by atoms with Gasteiger partial charge in [0.05, 0.1) is 6.54 Å². The van der Waals surface area contributed by atoms with E-state index in [0.29, 0.717) is 25.0 Å². The first-order valence-electron chi connectivity index (χ1n) is 12.8. The van der Waals surface area contributed by atoms with Gasteiger partial charge in [-0.1, -0.05) is 51.2 Å². The quantitative estimate of drug-likeness (QED) is 0.248. The molecule has 1 unspecified atom stereocenters. The van der Waals surface area contributed by atoms with Crippen LogP contribution < -0.4 is 9.47 Å². The van der Waals surface area contributed by atoms with E-state index in [9.17, 15) is 23.5 Å². The van der Waals surface area contributed by atoms with Gasteiger partial charge in [0.2, 0.25) is 0 Å². The Bertz CT molecular complexity index is 970. The average molecular weight is 522 g/mol. The van der Waals surface area contributed by atoms with Crippen molar-refractivity contribution in [2.45, 2.75) is 64.9 Å². The van der Waals surface area contributed by atoms with Gasteiger partial charge in [0.15, 0.2) is 17.7 Å². The molecule has 0 fully saturated rings. The molecule has 2 rings (SSSR count). The number of carboxylic acid groups (broad SMARTS) is 1. The maximum atomic E-state index is 14.0. The van der Waals surface area contributed by atoms with E-state index in [-0.39, 0.29) is 25.3 Å². The van der Waals surface area contributed by atoms with E-state index in [1.165, 1.54) is 11.3 Å². The Morgan fingerprint density at radius 2 is 1.65 bits per heavy atom. The molecule has 1 N–H and O–H groups in total. The Morgan fingerprint density at radius 3 is 2.30 bits per heavy atom. The molecule has 0 aliphatic rings. The maximum absolute atomic E-state index is 14.0. The number of nitrogens with zero attached hydrogens (tertiary/aromatic N) is 1. The summed E-state index contributed by atoms with van der Waals surface area (Å²) in [7, 11) is 0. The molecule has 2 aromatic rings. The van der Waals surface area contributed by atoms with Crippen molar-refractivity contribution < 1.29 is 37.7 Å². The van der Waals surface area contributed by atoms with Crippen molar-refractivity contribution in [3.8, 4) is 11.5 Å². The highest BCUT2D eigenvalue weighted by Gasteiger charge is 2.19. The van der Waals surface area contributed by atoms with Crippen LogP contribution in [0.1, 0.15) is 57.9 Å². The Labute approximate surface area is 217 Å². The summed E-state index contributed by atoms with van der Waals surface area (Å²) >= 11 is 0. The van der Waals surface area contributed by atoms with Crippen molar-refractivity contribution in [2.24, 2.45) is 0 Å². The highest BCUT2D eigenvalue weighted by molar-refractivity contribution is 5.72. The Morgan fingerprint density at radius 1 is 0.946 bits per heavy atom. The molecule has 0 saturated carbocycles. The molecular formula is C28H37F2NO6. The van der Waals surface area contributed by atoms with Crippen LogP contribution in [0.5, 0.6) is 11.5 Å². The second kappa shape index (κ2) is 16.5. The standard InChI is InChI=1S/C28H37F2NO6/c1-3-5-6-7-8-9-16-31(28(34)37-25-15-12-22(29)20-24(25)30)17-18-36-23-13-10-21(11-14-23)19-26(27(32)33)35-4-2/h10-15,20,26H,3-9,16-19H2,1-2H3,(H,32,33). The summed E-state index contributed by atoms with van der Waals surface area (Å²) in [5, 5.41) is 9.24. The number of aliphatic carboxylic acids is 1. The molecule has 0 radical (unpaired) electrons. The first kappa shape index (κ1) is 30.0. The van der Waals surface area contributed by atoms with Crippen molar-refractivity contribution in [2.75, 3.05) is 26.3 Å². The summed E-state index contributed by atoms with van der Waals surface area (Å²) < 4.78 is 43.3. The molecule has 7 nitrogen and oxygen atoms in total. The second-order valence-corrected chi connectivity index (χ2v) is 8.68. The lowest BCUT2D eigenvalue weighted by Gasteiger charge is -2.22. The predicted molar refractivity (Wildman–Crippen MR) is 136 cm³/mol. The van der Waals surface area contributed by atoms with Crippen LogP contribution in [0.4, 0.5) is 13.6 Å². The van der Waals surface area contributed by atoms with E-state index >= 15 is 0 Å². The van der Waals surface area contributed by atoms with Crippen LogP contribution in [0.15, 0.2) is 42.5 Å². The number of ether oxygens (including phenoxy) is 3. The largest absolute Gasteiger partial charge is 0.492 e. The van der Waals surface area contributed by atoms with E-state index < -0.39 is 29.8 Å². The second-order valence-electron chi connectivity index (χ2n) is 8.68. The van der Waals surface area contributed by atoms with Crippen molar-refractivity contribution >= 4 is 12.1 Å². The minimum absolute atomic E-state index is 0.173. The molecule has 1 amide bonds. The molecule has 0 heterocycles. The number of benzene rings is 2. The van der Waals surface area contributed by atoms with Crippen molar-refractivity contribution in [1.82, 2.24) is 4.90 Å². The molecule has 2 aromatic carbocycles. The van der Waals surface area contributed by atoms with Crippen LogP contribution >= 0.6 is 0 Å². The summed E-state index contributed by atoms with van der Waals surface area (Å²) in [5.41, 5.74) is 0.794. The number of amides is 1. The van der Waals surface area contributed by atoms with Crippen LogP contribution in [0.25, 0.3) is 0 Å². The smallest absolute Gasteiger partial charge is 0.415 e. The fourth-order valence-corrected chi connectivity index (χ4v) is 3.72. The van der Waals surface area contributed by atoms with Crippen LogP contribution in [0, 0.1) is 11.6 Å². The van der Waals surface area contributed by atoms with Gasteiger partial charge in [-0.15, -0.1) is 0 Å². The first-order chi connectivity index (χ1) is 17.8. The number of rotatable bonds is 17. The Balaban J connectivity index is 1.92. The zero-order chi connectivity index (χ0) is 27.0. The molecule has 0 saturated heterocycles. The molecule has 0 bridgehead atoms. The Kier molecular flexibility index (Phi) is 13.4. The third kappa shape index (κ3) is 11.2. The number of unbranched alkanes of at least 4 members (excludes halogenated alkanes) is 5. The topological polar surface area (TPSA) is 85.3 Å². The first-order valence-corrected chi connectivity index (χ1v) is 12.8. The van der Waals surface area contributed by atoms with Crippen LogP contribution in [0.2, 0.25) is 0 Å². The van der Waals surface area contributed by atoms with E-state index in [1.54, 1.807) is 31.2 Å². The number of carboxylic acids is 1. The van der Waals surface area contributed by atoms with Gasteiger partial charge in [-0.2, -0.15) is 0 Å². The van der Waals surface area contributed by atoms with E-state index in [1.807, 2.05) is 0 Å². The summed E-state index contributed by atoms with van der Waals surface area (Å²) in [6.45, 7) is 5.01. The van der Waals surface area contributed by atoms with Crippen molar-refractivity contribution in [3.63, 3.8) is 0 Å². The lowest BCUT2D eigenvalue weighted by molar-refractivity contribution is -0.149. The fraction of sp³-hybridized carbons (Fsp3) is 0.500. The van der Waals surface area contributed by atoms with Crippen LogP contribution in [-0.2, 0) is 16.0 Å². The summed E-state index contributed by atoms with van der Waals surface area (Å²) in [4.78, 5) is 25.5. The van der Waals surface area contributed by atoms with Gasteiger partial charge < -0.3 is 24.2 Å². The van der Waals surface area contributed by atoms with Gasteiger partial charge in [0.25, 0.3) is 0 Å². The van der Waals surface area contributed by atoms with Gasteiger partial charge in [-0.3, -0.25) is 0 Å². The normalized spacial score (nSPS) is 11.7. The van der Waals surface area contributed by atoms with Gasteiger partial charge in [0, 0.05) is 25.6 Å². The monoisotopic (exact) mass is 521 g/mol. The van der Waals surface area contributed by atoms with E-state index in [2.05, 4.69) is 6.92 Å².